The van der Waals surface area contributed by atoms with Crippen LogP contribution in [0.15, 0.2) is 52.4 Å². The lowest BCUT2D eigenvalue weighted by atomic mass is 10.1. The Balaban J connectivity index is 2.02. The summed E-state index contributed by atoms with van der Waals surface area (Å²) in [5, 5.41) is 0.634. The predicted octanol–water partition coefficient (Wildman–Crippen LogP) is 2.58. The Bertz CT molecular complexity index is 847. The minimum atomic E-state index is -0.0156. The molecule has 0 radical (unpaired) electrons. The molecule has 3 rings (SSSR count). The molecule has 0 N–H and O–H groups in total. The van der Waals surface area contributed by atoms with Crippen LogP contribution >= 0.6 is 0 Å². The molecule has 5 heteroatoms. The SMILES string of the molecule is C=N/C=C\C=C/Cc1cc(=O)c2cc3c(cc2n1C)OCO3. The molecule has 112 valence electrons. The number of benzene rings is 1. The number of hydrogen-bond acceptors (Lipinski definition) is 4. The van der Waals surface area contributed by atoms with Crippen molar-refractivity contribution < 1.29 is 9.47 Å². The Morgan fingerprint density at radius 2 is 2.05 bits per heavy atom. The molecular formula is C17H16N2O3. The van der Waals surface area contributed by atoms with Crippen molar-refractivity contribution in [2.45, 2.75) is 6.42 Å². The van der Waals surface area contributed by atoms with E-state index >= 15 is 0 Å². The third kappa shape index (κ3) is 2.53. The molecule has 1 aromatic heterocycles. The monoisotopic (exact) mass is 296 g/mol. The molecule has 1 aromatic carbocycles. The first-order valence-corrected chi connectivity index (χ1v) is 6.90. The molecule has 0 bridgehead atoms. The van der Waals surface area contributed by atoms with Crippen molar-refractivity contribution in [3.05, 3.63) is 58.5 Å². The lowest BCUT2D eigenvalue weighted by molar-refractivity contribution is 0.174. The van der Waals surface area contributed by atoms with E-state index in [1.54, 1.807) is 24.4 Å². The number of pyridine rings is 1. The van der Waals surface area contributed by atoms with Gasteiger partial charge in [0, 0.05) is 42.9 Å². The molecule has 5 nitrogen and oxygen atoms in total. The zero-order chi connectivity index (χ0) is 15.5. The Kier molecular flexibility index (Phi) is 3.78. The van der Waals surface area contributed by atoms with E-state index in [2.05, 4.69) is 11.7 Å². The highest BCUT2D eigenvalue weighted by molar-refractivity contribution is 5.83. The number of allylic oxidation sites excluding steroid dienone is 3. The first-order valence-electron chi connectivity index (χ1n) is 6.90. The summed E-state index contributed by atoms with van der Waals surface area (Å²) in [7, 11) is 1.94. The first-order chi connectivity index (χ1) is 10.7. The molecule has 2 heterocycles. The lowest BCUT2D eigenvalue weighted by Gasteiger charge is -2.11. The van der Waals surface area contributed by atoms with Crippen LogP contribution in [-0.2, 0) is 13.5 Å². The second kappa shape index (κ2) is 5.89. The van der Waals surface area contributed by atoms with Gasteiger partial charge in [-0.15, -0.1) is 0 Å². The third-order valence-corrected chi connectivity index (χ3v) is 3.61. The van der Waals surface area contributed by atoms with Gasteiger partial charge in [-0.25, -0.2) is 0 Å². The molecule has 0 saturated carbocycles. The largest absolute Gasteiger partial charge is 0.454 e. The van der Waals surface area contributed by atoms with E-state index in [0.29, 0.717) is 23.3 Å². The summed E-state index contributed by atoms with van der Waals surface area (Å²) in [5.41, 5.74) is 1.74. The molecule has 22 heavy (non-hydrogen) atoms. The third-order valence-electron chi connectivity index (χ3n) is 3.61. The molecule has 0 atom stereocenters. The maximum Gasteiger partial charge on any atom is 0.231 e. The molecule has 0 aliphatic carbocycles. The quantitative estimate of drug-likeness (QED) is 0.643. The molecule has 0 unspecified atom stereocenters. The van der Waals surface area contributed by atoms with Gasteiger partial charge in [0.2, 0.25) is 6.79 Å². The van der Waals surface area contributed by atoms with Gasteiger partial charge in [0.15, 0.2) is 16.9 Å². The van der Waals surface area contributed by atoms with E-state index < -0.39 is 0 Å². The van der Waals surface area contributed by atoms with Crippen LogP contribution < -0.4 is 14.9 Å². The number of aromatic nitrogens is 1. The van der Waals surface area contributed by atoms with Crippen LogP contribution in [0.4, 0.5) is 0 Å². The number of fused-ring (bicyclic) bond motifs is 2. The number of hydrogen-bond donors (Lipinski definition) is 0. The number of ether oxygens (including phenoxy) is 2. The van der Waals surface area contributed by atoms with Gasteiger partial charge in [0.25, 0.3) is 0 Å². The maximum atomic E-state index is 12.3. The fourth-order valence-electron chi connectivity index (χ4n) is 2.46. The van der Waals surface area contributed by atoms with E-state index in [1.165, 1.54) is 0 Å². The summed E-state index contributed by atoms with van der Waals surface area (Å²) in [6.45, 7) is 3.56. The zero-order valence-electron chi connectivity index (χ0n) is 12.3. The summed E-state index contributed by atoms with van der Waals surface area (Å²) < 4.78 is 12.7. The highest BCUT2D eigenvalue weighted by Gasteiger charge is 2.17. The molecule has 1 aliphatic heterocycles. The Hall–Kier alpha value is -2.82. The summed E-state index contributed by atoms with van der Waals surface area (Å²) in [6.07, 6.45) is 7.90. The fourth-order valence-corrected chi connectivity index (χ4v) is 2.46. The average molecular weight is 296 g/mol. The Morgan fingerprint density at radius 3 is 2.82 bits per heavy atom. The van der Waals surface area contributed by atoms with Crippen molar-refractivity contribution in [3.8, 4) is 11.5 Å². The number of nitrogens with zero attached hydrogens (tertiary/aromatic N) is 2. The number of aryl methyl sites for hydroxylation is 1. The summed E-state index contributed by atoms with van der Waals surface area (Å²) in [4.78, 5) is 15.9. The van der Waals surface area contributed by atoms with Crippen LogP contribution in [0, 0.1) is 0 Å². The van der Waals surface area contributed by atoms with Crippen LogP contribution in [0.1, 0.15) is 5.69 Å². The van der Waals surface area contributed by atoms with Gasteiger partial charge in [-0.3, -0.25) is 9.79 Å². The van der Waals surface area contributed by atoms with Crippen LogP contribution in [-0.4, -0.2) is 18.1 Å². The Morgan fingerprint density at radius 1 is 1.27 bits per heavy atom. The van der Waals surface area contributed by atoms with Crippen LogP contribution in [0.3, 0.4) is 0 Å². The van der Waals surface area contributed by atoms with Crippen molar-refractivity contribution in [2.24, 2.45) is 12.0 Å². The topological polar surface area (TPSA) is 52.8 Å². The first kappa shape index (κ1) is 14.1. The Labute approximate surface area is 127 Å². The van der Waals surface area contributed by atoms with Gasteiger partial charge >= 0.3 is 0 Å². The predicted molar refractivity (Wildman–Crippen MR) is 86.8 cm³/mol. The van der Waals surface area contributed by atoms with Gasteiger partial charge in [-0.2, -0.15) is 0 Å². The van der Waals surface area contributed by atoms with Crippen molar-refractivity contribution in [3.63, 3.8) is 0 Å². The van der Waals surface area contributed by atoms with Crippen molar-refractivity contribution >= 4 is 17.6 Å². The molecule has 0 spiro atoms. The standard InChI is InChI=1S/C17H16N2O3/c1-18-7-5-3-4-6-12-8-15(20)13-9-16-17(22-11-21-16)10-14(13)19(12)2/h3-5,7-10H,1,6,11H2,2H3/b4-3-,7-5-. The summed E-state index contributed by atoms with van der Waals surface area (Å²) in [5.74, 6) is 1.30. The average Bonchev–Trinajstić information content (AvgIpc) is 2.97. The summed E-state index contributed by atoms with van der Waals surface area (Å²) >= 11 is 0. The van der Waals surface area contributed by atoms with Crippen molar-refractivity contribution in [1.82, 2.24) is 4.57 Å². The molecular weight excluding hydrogens is 280 g/mol. The highest BCUT2D eigenvalue weighted by Crippen LogP contribution is 2.35. The number of aliphatic imine (C=N–C) groups is 1. The number of rotatable bonds is 4. The summed E-state index contributed by atoms with van der Waals surface area (Å²) in [6, 6.07) is 5.26. The van der Waals surface area contributed by atoms with Crippen LogP contribution in [0.2, 0.25) is 0 Å². The van der Waals surface area contributed by atoms with E-state index in [9.17, 15) is 4.79 Å². The minimum Gasteiger partial charge on any atom is -0.454 e. The zero-order valence-corrected chi connectivity index (χ0v) is 12.3. The van der Waals surface area contributed by atoms with E-state index in [-0.39, 0.29) is 12.2 Å². The second-order valence-corrected chi connectivity index (χ2v) is 4.94. The fraction of sp³-hybridized carbons (Fsp3) is 0.176. The van der Waals surface area contributed by atoms with E-state index in [4.69, 9.17) is 9.47 Å². The van der Waals surface area contributed by atoms with E-state index in [0.717, 1.165) is 11.2 Å². The maximum absolute atomic E-state index is 12.3. The smallest absolute Gasteiger partial charge is 0.231 e. The van der Waals surface area contributed by atoms with Gasteiger partial charge in [-0.1, -0.05) is 12.2 Å². The molecule has 2 aromatic rings. The van der Waals surface area contributed by atoms with Crippen LogP contribution in [0.5, 0.6) is 11.5 Å². The molecule has 0 fully saturated rings. The van der Waals surface area contributed by atoms with Crippen molar-refractivity contribution in [2.75, 3.05) is 6.79 Å². The molecule has 0 amide bonds. The van der Waals surface area contributed by atoms with Crippen molar-refractivity contribution in [1.29, 1.82) is 0 Å². The van der Waals surface area contributed by atoms with Gasteiger partial charge < -0.3 is 14.0 Å². The molecule has 1 aliphatic rings. The van der Waals surface area contributed by atoms with Crippen LogP contribution in [0.25, 0.3) is 10.9 Å². The van der Waals surface area contributed by atoms with E-state index in [1.807, 2.05) is 29.8 Å². The van der Waals surface area contributed by atoms with Gasteiger partial charge in [0.05, 0.1) is 5.52 Å². The highest BCUT2D eigenvalue weighted by atomic mass is 16.7. The lowest BCUT2D eigenvalue weighted by Crippen LogP contribution is -2.11. The van der Waals surface area contributed by atoms with Gasteiger partial charge in [0.1, 0.15) is 0 Å². The minimum absolute atomic E-state index is 0.0156. The second-order valence-electron chi connectivity index (χ2n) is 4.94. The molecule has 0 saturated heterocycles. The van der Waals surface area contributed by atoms with Gasteiger partial charge in [-0.05, 0) is 18.9 Å². The normalized spacial score (nSPS) is 13.5.